The molecule has 0 fully saturated rings. The number of nitrogens with zero attached hydrogens (tertiary/aromatic N) is 2. The Morgan fingerprint density at radius 1 is 1.25 bits per heavy atom. The van der Waals surface area contributed by atoms with Crippen molar-refractivity contribution >= 4 is 17.8 Å². The molecule has 0 atom stereocenters. The Labute approximate surface area is 139 Å². The Morgan fingerprint density at radius 3 is 2.62 bits per heavy atom. The van der Waals surface area contributed by atoms with Crippen LogP contribution in [0.15, 0.2) is 53.6 Å². The van der Waals surface area contributed by atoms with Gasteiger partial charge in [0.15, 0.2) is 0 Å². The highest BCUT2D eigenvalue weighted by molar-refractivity contribution is 5.95. The highest BCUT2D eigenvalue weighted by Crippen LogP contribution is 2.16. The van der Waals surface area contributed by atoms with Gasteiger partial charge in [0.2, 0.25) is 0 Å². The summed E-state index contributed by atoms with van der Waals surface area (Å²) in [4.78, 5) is 22.0. The van der Waals surface area contributed by atoms with E-state index in [4.69, 9.17) is 4.74 Å². The highest BCUT2D eigenvalue weighted by Gasteiger charge is 2.08. The average Bonchev–Trinajstić information content (AvgIpc) is 2.60. The van der Waals surface area contributed by atoms with Crippen molar-refractivity contribution in [2.24, 2.45) is 5.10 Å². The van der Waals surface area contributed by atoms with Crippen molar-refractivity contribution in [2.45, 2.75) is 13.3 Å². The predicted octanol–water partition coefficient (Wildman–Crippen LogP) is 3.15. The first kappa shape index (κ1) is 17.1. The SMILES string of the molecule is CCCOc1ccccc1/C=N\NC(=O)c1ccc([N+](=O)[O-])cc1. The number of nitro benzene ring substituents is 1. The molecule has 0 heterocycles. The molecule has 24 heavy (non-hydrogen) atoms. The van der Waals surface area contributed by atoms with Gasteiger partial charge in [-0.05, 0) is 30.7 Å². The van der Waals surface area contributed by atoms with E-state index in [9.17, 15) is 14.9 Å². The quantitative estimate of drug-likeness (QED) is 0.480. The van der Waals surface area contributed by atoms with Crippen molar-refractivity contribution in [1.82, 2.24) is 5.43 Å². The monoisotopic (exact) mass is 327 g/mol. The van der Waals surface area contributed by atoms with E-state index in [1.54, 1.807) is 0 Å². The lowest BCUT2D eigenvalue weighted by Crippen LogP contribution is -2.17. The summed E-state index contributed by atoms with van der Waals surface area (Å²) in [5, 5.41) is 14.5. The van der Waals surface area contributed by atoms with Crippen LogP contribution in [0.3, 0.4) is 0 Å². The molecule has 7 nitrogen and oxygen atoms in total. The summed E-state index contributed by atoms with van der Waals surface area (Å²) >= 11 is 0. The van der Waals surface area contributed by atoms with Crippen LogP contribution in [0.25, 0.3) is 0 Å². The largest absolute Gasteiger partial charge is 0.493 e. The standard InChI is InChI=1S/C17H17N3O4/c1-2-11-24-16-6-4-3-5-14(16)12-18-19-17(21)13-7-9-15(10-8-13)20(22)23/h3-10,12H,2,11H2,1H3,(H,19,21)/b18-12-. The van der Waals surface area contributed by atoms with Crippen molar-refractivity contribution in [1.29, 1.82) is 0 Å². The molecular weight excluding hydrogens is 310 g/mol. The molecule has 0 aromatic heterocycles. The van der Waals surface area contributed by atoms with Crippen molar-refractivity contribution in [3.63, 3.8) is 0 Å². The van der Waals surface area contributed by atoms with Gasteiger partial charge in [0.25, 0.3) is 11.6 Å². The van der Waals surface area contributed by atoms with Gasteiger partial charge in [0, 0.05) is 23.3 Å². The molecular formula is C17H17N3O4. The highest BCUT2D eigenvalue weighted by atomic mass is 16.6. The number of ether oxygens (including phenoxy) is 1. The number of hydrogen-bond donors (Lipinski definition) is 1. The molecule has 0 aliphatic heterocycles. The summed E-state index contributed by atoms with van der Waals surface area (Å²) in [6, 6.07) is 12.7. The minimum Gasteiger partial charge on any atom is -0.493 e. The molecule has 1 amide bonds. The summed E-state index contributed by atoms with van der Waals surface area (Å²) in [6.45, 7) is 2.61. The molecule has 124 valence electrons. The zero-order valence-electron chi connectivity index (χ0n) is 13.1. The van der Waals surface area contributed by atoms with Gasteiger partial charge in [-0.25, -0.2) is 5.43 Å². The van der Waals surface area contributed by atoms with E-state index in [1.165, 1.54) is 30.5 Å². The summed E-state index contributed by atoms with van der Waals surface area (Å²) in [7, 11) is 0. The molecule has 0 radical (unpaired) electrons. The van der Waals surface area contributed by atoms with Crippen molar-refractivity contribution < 1.29 is 14.5 Å². The molecule has 0 saturated heterocycles. The second kappa shape index (κ2) is 8.42. The maximum Gasteiger partial charge on any atom is 0.271 e. The average molecular weight is 327 g/mol. The minimum absolute atomic E-state index is 0.0722. The molecule has 2 rings (SSSR count). The first-order valence-electron chi connectivity index (χ1n) is 7.41. The van der Waals surface area contributed by atoms with E-state index in [-0.39, 0.29) is 11.3 Å². The predicted molar refractivity (Wildman–Crippen MR) is 90.4 cm³/mol. The van der Waals surface area contributed by atoms with Crippen LogP contribution in [0.5, 0.6) is 5.75 Å². The van der Waals surface area contributed by atoms with Gasteiger partial charge in [-0.3, -0.25) is 14.9 Å². The van der Waals surface area contributed by atoms with Gasteiger partial charge in [-0.15, -0.1) is 0 Å². The van der Waals surface area contributed by atoms with Gasteiger partial charge in [-0.1, -0.05) is 19.1 Å². The Bertz CT molecular complexity index is 742. The maximum absolute atomic E-state index is 11.9. The summed E-state index contributed by atoms with van der Waals surface area (Å²) in [5.41, 5.74) is 3.34. The number of para-hydroxylation sites is 1. The summed E-state index contributed by atoms with van der Waals surface area (Å²) in [5.74, 6) is 0.237. The number of hydrogen-bond acceptors (Lipinski definition) is 5. The van der Waals surface area contributed by atoms with E-state index in [0.717, 1.165) is 12.0 Å². The fourth-order valence-corrected chi connectivity index (χ4v) is 1.89. The molecule has 0 aliphatic carbocycles. The molecule has 0 unspecified atom stereocenters. The first-order chi connectivity index (χ1) is 11.6. The molecule has 1 N–H and O–H groups in total. The molecule has 2 aromatic rings. The van der Waals surface area contributed by atoms with E-state index >= 15 is 0 Å². The maximum atomic E-state index is 11.9. The Morgan fingerprint density at radius 2 is 1.96 bits per heavy atom. The second-order valence-corrected chi connectivity index (χ2v) is 4.89. The zero-order valence-corrected chi connectivity index (χ0v) is 13.1. The van der Waals surface area contributed by atoms with Gasteiger partial charge in [0.1, 0.15) is 5.75 Å². The fraction of sp³-hybridized carbons (Fsp3) is 0.176. The lowest BCUT2D eigenvalue weighted by atomic mass is 10.2. The topological polar surface area (TPSA) is 93.8 Å². The third-order valence-electron chi connectivity index (χ3n) is 3.09. The number of non-ortho nitro benzene ring substituents is 1. The third kappa shape index (κ3) is 4.64. The first-order valence-corrected chi connectivity index (χ1v) is 7.41. The van der Waals surface area contributed by atoms with E-state index in [0.29, 0.717) is 12.4 Å². The normalized spacial score (nSPS) is 10.5. The van der Waals surface area contributed by atoms with Crippen LogP contribution in [0.1, 0.15) is 29.3 Å². The van der Waals surface area contributed by atoms with Crippen molar-refractivity contribution in [3.05, 3.63) is 69.8 Å². The number of nitrogens with one attached hydrogen (secondary N) is 1. The third-order valence-corrected chi connectivity index (χ3v) is 3.09. The van der Waals surface area contributed by atoms with Crippen molar-refractivity contribution in [2.75, 3.05) is 6.61 Å². The van der Waals surface area contributed by atoms with Gasteiger partial charge in [0.05, 0.1) is 17.7 Å². The molecule has 0 bridgehead atoms. The molecule has 0 aliphatic rings. The van der Waals surface area contributed by atoms with Gasteiger partial charge >= 0.3 is 0 Å². The number of hydrazone groups is 1. The lowest BCUT2D eigenvalue weighted by Gasteiger charge is -2.07. The number of benzene rings is 2. The molecule has 2 aromatic carbocycles. The minimum atomic E-state index is -0.521. The molecule has 0 spiro atoms. The van der Waals surface area contributed by atoms with E-state index < -0.39 is 10.8 Å². The van der Waals surface area contributed by atoms with Gasteiger partial charge in [-0.2, -0.15) is 5.10 Å². The number of amides is 1. The van der Waals surface area contributed by atoms with Crippen LogP contribution in [-0.2, 0) is 0 Å². The molecule has 7 heteroatoms. The smallest absolute Gasteiger partial charge is 0.271 e. The van der Waals surface area contributed by atoms with Crippen LogP contribution in [0.2, 0.25) is 0 Å². The number of rotatable bonds is 7. The number of carbonyl (C=O) groups is 1. The summed E-state index contributed by atoms with van der Waals surface area (Å²) in [6.07, 6.45) is 2.39. The van der Waals surface area contributed by atoms with Gasteiger partial charge < -0.3 is 4.74 Å². The number of carbonyl (C=O) groups excluding carboxylic acids is 1. The Balaban J connectivity index is 2.01. The Hall–Kier alpha value is -3.22. The van der Waals surface area contributed by atoms with Crippen LogP contribution in [0, 0.1) is 10.1 Å². The molecule has 0 saturated carbocycles. The lowest BCUT2D eigenvalue weighted by molar-refractivity contribution is -0.384. The Kier molecular flexibility index (Phi) is 6.01. The van der Waals surface area contributed by atoms with Crippen LogP contribution >= 0.6 is 0 Å². The zero-order chi connectivity index (χ0) is 17.4. The van der Waals surface area contributed by atoms with Crippen LogP contribution in [-0.4, -0.2) is 23.7 Å². The van der Waals surface area contributed by atoms with E-state index in [1.807, 2.05) is 31.2 Å². The number of nitro groups is 1. The summed E-state index contributed by atoms with van der Waals surface area (Å²) < 4.78 is 5.60. The van der Waals surface area contributed by atoms with Crippen LogP contribution in [0.4, 0.5) is 5.69 Å². The van der Waals surface area contributed by atoms with Crippen molar-refractivity contribution in [3.8, 4) is 5.75 Å². The van der Waals surface area contributed by atoms with Crippen LogP contribution < -0.4 is 10.2 Å². The second-order valence-electron chi connectivity index (χ2n) is 4.89. The van der Waals surface area contributed by atoms with E-state index in [2.05, 4.69) is 10.5 Å². The fourth-order valence-electron chi connectivity index (χ4n) is 1.89.